The lowest BCUT2D eigenvalue weighted by Gasteiger charge is -2.14. The molecule has 2 rings (SSSR count). The Morgan fingerprint density at radius 1 is 1.11 bits per heavy atom. The average Bonchev–Trinajstić information content (AvgIpc) is 2.36. The summed E-state index contributed by atoms with van der Waals surface area (Å²) in [6.45, 7) is 8.63. The van der Waals surface area contributed by atoms with Gasteiger partial charge >= 0.3 is 0 Å². The number of amides is 1. The number of carbonyl (C=O) groups excluding carboxylic acids is 1. The summed E-state index contributed by atoms with van der Waals surface area (Å²) in [5, 5.41) is 1.07. The standard InChI is InChI=1S/C16H20N2O/c1-9(2)12-7-11-5-6-14(16(17)19)18-15(11)13(8-12)10(3)4/h5-10H,1-4H3,(H2,17,19). The molecule has 3 nitrogen and oxygen atoms in total. The third kappa shape index (κ3) is 2.60. The normalized spacial score (nSPS) is 11.5. The van der Waals surface area contributed by atoms with Crippen LogP contribution in [0.3, 0.4) is 0 Å². The number of rotatable bonds is 3. The molecule has 0 spiro atoms. The van der Waals surface area contributed by atoms with Crippen molar-refractivity contribution in [3.63, 3.8) is 0 Å². The van der Waals surface area contributed by atoms with Crippen molar-refractivity contribution in [3.8, 4) is 0 Å². The summed E-state index contributed by atoms with van der Waals surface area (Å²) in [4.78, 5) is 15.7. The van der Waals surface area contributed by atoms with Crippen LogP contribution >= 0.6 is 0 Å². The fourth-order valence-corrected chi connectivity index (χ4v) is 2.20. The van der Waals surface area contributed by atoms with Crippen molar-refractivity contribution >= 4 is 16.8 Å². The van der Waals surface area contributed by atoms with Gasteiger partial charge in [-0.1, -0.05) is 39.8 Å². The van der Waals surface area contributed by atoms with E-state index in [4.69, 9.17) is 5.73 Å². The summed E-state index contributed by atoms with van der Waals surface area (Å²) < 4.78 is 0. The smallest absolute Gasteiger partial charge is 0.267 e. The number of nitrogens with zero attached hydrogens (tertiary/aromatic N) is 1. The van der Waals surface area contributed by atoms with Crippen molar-refractivity contribution < 1.29 is 4.79 Å². The van der Waals surface area contributed by atoms with E-state index in [1.807, 2.05) is 6.07 Å². The molecule has 0 atom stereocenters. The second kappa shape index (κ2) is 5.00. The van der Waals surface area contributed by atoms with Crippen LogP contribution < -0.4 is 5.73 Å². The zero-order valence-corrected chi connectivity index (χ0v) is 11.9. The summed E-state index contributed by atoms with van der Waals surface area (Å²) in [6, 6.07) is 7.96. The molecule has 1 amide bonds. The van der Waals surface area contributed by atoms with Crippen molar-refractivity contribution in [2.45, 2.75) is 39.5 Å². The van der Waals surface area contributed by atoms with Crippen LogP contribution in [-0.4, -0.2) is 10.9 Å². The summed E-state index contributed by atoms with van der Waals surface area (Å²) in [5.74, 6) is 0.346. The highest BCUT2D eigenvalue weighted by atomic mass is 16.1. The van der Waals surface area contributed by atoms with Gasteiger partial charge in [-0.15, -0.1) is 0 Å². The third-order valence-corrected chi connectivity index (χ3v) is 3.39. The molecular weight excluding hydrogens is 236 g/mol. The van der Waals surface area contributed by atoms with Crippen molar-refractivity contribution in [1.82, 2.24) is 4.98 Å². The zero-order valence-electron chi connectivity index (χ0n) is 11.9. The maximum atomic E-state index is 11.3. The van der Waals surface area contributed by atoms with Gasteiger partial charge in [0.25, 0.3) is 5.91 Å². The Hall–Kier alpha value is -1.90. The van der Waals surface area contributed by atoms with E-state index in [2.05, 4.69) is 44.8 Å². The molecule has 1 aromatic heterocycles. The molecule has 2 aromatic rings. The van der Waals surface area contributed by atoms with Gasteiger partial charge in [-0.2, -0.15) is 0 Å². The molecule has 3 heteroatoms. The summed E-state index contributed by atoms with van der Waals surface area (Å²) in [6.07, 6.45) is 0. The molecule has 0 aliphatic heterocycles. The second-order valence-electron chi connectivity index (χ2n) is 5.55. The maximum absolute atomic E-state index is 11.3. The third-order valence-electron chi connectivity index (χ3n) is 3.39. The predicted molar refractivity (Wildman–Crippen MR) is 78.4 cm³/mol. The van der Waals surface area contributed by atoms with E-state index in [0.29, 0.717) is 17.5 Å². The number of pyridine rings is 1. The topological polar surface area (TPSA) is 56.0 Å². The van der Waals surface area contributed by atoms with Crippen molar-refractivity contribution in [3.05, 3.63) is 41.1 Å². The molecule has 0 radical (unpaired) electrons. The molecule has 0 saturated heterocycles. The largest absolute Gasteiger partial charge is 0.364 e. The van der Waals surface area contributed by atoms with Gasteiger partial charge in [0.1, 0.15) is 5.69 Å². The molecule has 1 heterocycles. The van der Waals surface area contributed by atoms with Gasteiger partial charge < -0.3 is 5.73 Å². The Morgan fingerprint density at radius 2 is 1.79 bits per heavy atom. The molecule has 0 unspecified atom stereocenters. The Balaban J connectivity index is 2.76. The second-order valence-corrected chi connectivity index (χ2v) is 5.55. The van der Waals surface area contributed by atoms with Gasteiger partial charge in [0.2, 0.25) is 0 Å². The van der Waals surface area contributed by atoms with Gasteiger partial charge in [-0.3, -0.25) is 4.79 Å². The molecule has 100 valence electrons. The van der Waals surface area contributed by atoms with Gasteiger partial charge in [0, 0.05) is 5.39 Å². The molecule has 0 aliphatic carbocycles. The van der Waals surface area contributed by atoms with E-state index in [0.717, 1.165) is 10.9 Å². The zero-order chi connectivity index (χ0) is 14.2. The van der Waals surface area contributed by atoms with Crippen LogP contribution in [0.25, 0.3) is 10.9 Å². The van der Waals surface area contributed by atoms with Crippen LogP contribution in [0.4, 0.5) is 0 Å². The fourth-order valence-electron chi connectivity index (χ4n) is 2.20. The first-order chi connectivity index (χ1) is 8.90. The SMILES string of the molecule is CC(C)c1cc(C(C)C)c2nc(C(N)=O)ccc2c1. The van der Waals surface area contributed by atoms with E-state index >= 15 is 0 Å². The van der Waals surface area contributed by atoms with E-state index in [-0.39, 0.29) is 0 Å². The molecule has 0 fully saturated rings. The van der Waals surface area contributed by atoms with E-state index in [9.17, 15) is 4.79 Å². The molecule has 0 aliphatic rings. The van der Waals surface area contributed by atoms with Crippen LogP contribution in [0.2, 0.25) is 0 Å². The first-order valence-corrected chi connectivity index (χ1v) is 6.64. The summed E-state index contributed by atoms with van der Waals surface area (Å²) >= 11 is 0. The number of primary amides is 1. The molecule has 19 heavy (non-hydrogen) atoms. The first kappa shape index (κ1) is 13.5. The lowest BCUT2D eigenvalue weighted by Crippen LogP contribution is -2.13. The van der Waals surface area contributed by atoms with Crippen molar-refractivity contribution in [1.29, 1.82) is 0 Å². The minimum atomic E-state index is -0.482. The monoisotopic (exact) mass is 256 g/mol. The highest BCUT2D eigenvalue weighted by Gasteiger charge is 2.12. The molecule has 0 saturated carbocycles. The van der Waals surface area contributed by atoms with Crippen molar-refractivity contribution in [2.75, 3.05) is 0 Å². The van der Waals surface area contributed by atoms with Gasteiger partial charge in [-0.25, -0.2) is 4.98 Å². The highest BCUT2D eigenvalue weighted by Crippen LogP contribution is 2.29. The number of hydrogen-bond acceptors (Lipinski definition) is 2. The average molecular weight is 256 g/mol. The van der Waals surface area contributed by atoms with Crippen LogP contribution in [0.1, 0.15) is 61.1 Å². The minimum absolute atomic E-state index is 0.326. The lowest BCUT2D eigenvalue weighted by molar-refractivity contribution is 0.0996. The minimum Gasteiger partial charge on any atom is -0.364 e. The number of benzene rings is 1. The lowest BCUT2D eigenvalue weighted by atomic mass is 9.92. The van der Waals surface area contributed by atoms with Crippen LogP contribution in [0.5, 0.6) is 0 Å². The van der Waals surface area contributed by atoms with Crippen LogP contribution in [-0.2, 0) is 0 Å². The number of aromatic nitrogens is 1. The Bertz CT molecular complexity index is 630. The molecule has 1 aromatic carbocycles. The maximum Gasteiger partial charge on any atom is 0.267 e. The van der Waals surface area contributed by atoms with Crippen LogP contribution in [0, 0.1) is 0 Å². The summed E-state index contributed by atoms with van der Waals surface area (Å²) in [7, 11) is 0. The number of carbonyl (C=O) groups is 1. The summed E-state index contributed by atoms with van der Waals surface area (Å²) in [5.41, 5.74) is 8.98. The van der Waals surface area contributed by atoms with E-state index < -0.39 is 5.91 Å². The van der Waals surface area contributed by atoms with Crippen molar-refractivity contribution in [2.24, 2.45) is 5.73 Å². The predicted octanol–water partition coefficient (Wildman–Crippen LogP) is 3.58. The number of fused-ring (bicyclic) bond motifs is 1. The first-order valence-electron chi connectivity index (χ1n) is 6.64. The van der Waals surface area contributed by atoms with Gasteiger partial charge in [0.05, 0.1) is 5.52 Å². The molecule has 0 bridgehead atoms. The number of hydrogen-bond donors (Lipinski definition) is 1. The Morgan fingerprint density at radius 3 is 2.32 bits per heavy atom. The fraction of sp³-hybridized carbons (Fsp3) is 0.375. The quantitative estimate of drug-likeness (QED) is 0.912. The van der Waals surface area contributed by atoms with Crippen LogP contribution in [0.15, 0.2) is 24.3 Å². The highest BCUT2D eigenvalue weighted by molar-refractivity contribution is 5.94. The van der Waals surface area contributed by atoms with Gasteiger partial charge in [-0.05, 0) is 35.1 Å². The Labute approximate surface area is 113 Å². The van der Waals surface area contributed by atoms with E-state index in [1.54, 1.807) is 6.07 Å². The molecule has 2 N–H and O–H groups in total. The molecular formula is C16H20N2O. The number of nitrogens with two attached hydrogens (primary N) is 1. The Kier molecular flexibility index (Phi) is 3.56. The van der Waals surface area contributed by atoms with E-state index in [1.165, 1.54) is 11.1 Å². The van der Waals surface area contributed by atoms with Gasteiger partial charge in [0.15, 0.2) is 0 Å².